The van der Waals surface area contributed by atoms with E-state index in [1.54, 1.807) is 30.2 Å². The Balaban J connectivity index is 1.79. The molecule has 1 aliphatic rings. The predicted octanol–water partition coefficient (Wildman–Crippen LogP) is 3.81. The van der Waals surface area contributed by atoms with Gasteiger partial charge < -0.3 is 14.6 Å². The van der Waals surface area contributed by atoms with Gasteiger partial charge in [-0.1, -0.05) is 42.2 Å². The molecule has 2 aromatic carbocycles. The minimum atomic E-state index is -0.136. The molecular weight excluding hydrogens is 370 g/mol. The number of phenols is 1. The molecule has 0 radical (unpaired) electrons. The molecule has 0 unspecified atom stereocenters. The summed E-state index contributed by atoms with van der Waals surface area (Å²) in [6.45, 7) is 0.408. The van der Waals surface area contributed by atoms with Crippen molar-refractivity contribution in [3.63, 3.8) is 0 Å². The van der Waals surface area contributed by atoms with E-state index in [-0.39, 0.29) is 11.7 Å². The lowest BCUT2D eigenvalue weighted by molar-refractivity contribution is -0.122. The number of hydrogen-bond donors (Lipinski definition) is 1. The molecule has 0 atom stereocenters. The summed E-state index contributed by atoms with van der Waals surface area (Å²) in [7, 11) is 3.09. The van der Waals surface area contributed by atoms with Gasteiger partial charge in [0.25, 0.3) is 5.91 Å². The summed E-state index contributed by atoms with van der Waals surface area (Å²) in [6, 6.07) is 12.4. The lowest BCUT2D eigenvalue weighted by Gasteiger charge is -2.14. The Labute approximate surface area is 161 Å². The second kappa shape index (κ2) is 7.80. The standard InChI is InChI=1S/C19H17NO4S2/c1-23-14-6-3-12(4-7-14)11-20-18(22)17(26-19(20)25)10-13-5-8-15(21)16(9-13)24-2/h3-10,21H,11H2,1-2H3. The van der Waals surface area contributed by atoms with Crippen LogP contribution in [0.15, 0.2) is 47.4 Å². The van der Waals surface area contributed by atoms with Crippen molar-refractivity contribution in [2.24, 2.45) is 0 Å². The minimum absolute atomic E-state index is 0.0525. The van der Waals surface area contributed by atoms with E-state index in [4.69, 9.17) is 21.7 Å². The molecule has 134 valence electrons. The maximum Gasteiger partial charge on any atom is 0.266 e. The van der Waals surface area contributed by atoms with Gasteiger partial charge in [0.1, 0.15) is 10.1 Å². The highest BCUT2D eigenvalue weighted by molar-refractivity contribution is 8.26. The predicted molar refractivity (Wildman–Crippen MR) is 106 cm³/mol. The molecule has 0 aliphatic carbocycles. The van der Waals surface area contributed by atoms with Gasteiger partial charge in [-0.05, 0) is 41.5 Å². The number of carbonyl (C=O) groups excluding carboxylic acids is 1. The lowest BCUT2D eigenvalue weighted by atomic mass is 10.1. The van der Waals surface area contributed by atoms with Crippen molar-refractivity contribution in [3.8, 4) is 17.2 Å². The van der Waals surface area contributed by atoms with E-state index in [1.807, 2.05) is 24.3 Å². The number of thiocarbonyl (C=S) groups is 1. The van der Waals surface area contributed by atoms with Gasteiger partial charge in [-0.15, -0.1) is 0 Å². The van der Waals surface area contributed by atoms with Crippen LogP contribution in [0.4, 0.5) is 0 Å². The number of phenolic OH excluding ortho intramolecular Hbond substituents is 1. The summed E-state index contributed by atoms with van der Waals surface area (Å²) >= 11 is 6.63. The molecule has 1 fully saturated rings. The fourth-order valence-electron chi connectivity index (χ4n) is 2.49. The molecule has 2 aromatic rings. The van der Waals surface area contributed by atoms with Gasteiger partial charge in [0, 0.05) is 0 Å². The van der Waals surface area contributed by atoms with Crippen LogP contribution in [0.2, 0.25) is 0 Å². The molecule has 0 bridgehead atoms. The number of aromatic hydroxyl groups is 1. The quantitative estimate of drug-likeness (QED) is 0.622. The van der Waals surface area contributed by atoms with Gasteiger partial charge in [0.2, 0.25) is 0 Å². The molecule has 5 nitrogen and oxygen atoms in total. The van der Waals surface area contributed by atoms with Crippen molar-refractivity contribution >= 4 is 40.3 Å². The number of thioether (sulfide) groups is 1. The summed E-state index contributed by atoms with van der Waals surface area (Å²) in [6.07, 6.45) is 1.75. The van der Waals surface area contributed by atoms with Gasteiger partial charge in [0.05, 0.1) is 25.7 Å². The summed E-state index contributed by atoms with van der Waals surface area (Å²) < 4.78 is 10.8. The van der Waals surface area contributed by atoms with E-state index in [0.717, 1.165) is 16.9 Å². The normalized spacial score (nSPS) is 15.6. The van der Waals surface area contributed by atoms with Gasteiger partial charge in [-0.25, -0.2) is 0 Å². The fourth-order valence-corrected chi connectivity index (χ4v) is 3.74. The number of rotatable bonds is 5. The molecule has 26 heavy (non-hydrogen) atoms. The molecular formula is C19H17NO4S2. The Morgan fingerprint density at radius 1 is 1.15 bits per heavy atom. The van der Waals surface area contributed by atoms with E-state index in [2.05, 4.69) is 0 Å². The van der Waals surface area contributed by atoms with E-state index < -0.39 is 0 Å². The maximum absolute atomic E-state index is 12.7. The monoisotopic (exact) mass is 387 g/mol. The Kier molecular flexibility index (Phi) is 5.49. The Morgan fingerprint density at radius 2 is 1.88 bits per heavy atom. The second-order valence-corrected chi connectivity index (χ2v) is 7.22. The average molecular weight is 387 g/mol. The first kappa shape index (κ1) is 18.3. The zero-order chi connectivity index (χ0) is 18.7. The maximum atomic E-state index is 12.7. The van der Waals surface area contributed by atoms with Gasteiger partial charge in [0.15, 0.2) is 11.5 Å². The zero-order valence-electron chi connectivity index (χ0n) is 14.3. The molecule has 0 saturated carbocycles. The highest BCUT2D eigenvalue weighted by Crippen LogP contribution is 2.35. The number of methoxy groups -OCH3 is 2. The summed E-state index contributed by atoms with van der Waals surface area (Å²) in [5, 5.41) is 9.68. The molecule has 1 N–H and O–H groups in total. The van der Waals surface area contributed by atoms with Gasteiger partial charge >= 0.3 is 0 Å². The molecule has 1 heterocycles. The molecule has 1 amide bonds. The van der Waals surface area contributed by atoms with Crippen LogP contribution < -0.4 is 9.47 Å². The zero-order valence-corrected chi connectivity index (χ0v) is 15.9. The Hall–Kier alpha value is -2.51. The number of benzene rings is 2. The van der Waals surface area contributed by atoms with Crippen LogP contribution in [0.25, 0.3) is 6.08 Å². The van der Waals surface area contributed by atoms with Crippen LogP contribution in [-0.2, 0) is 11.3 Å². The molecule has 1 saturated heterocycles. The van der Waals surface area contributed by atoms with E-state index in [1.165, 1.54) is 24.9 Å². The number of amides is 1. The third-order valence-corrected chi connectivity index (χ3v) is 5.25. The SMILES string of the molecule is COc1ccc(CN2C(=O)C(=Cc3ccc(O)c(OC)c3)SC2=S)cc1. The average Bonchev–Trinajstić information content (AvgIpc) is 2.91. The highest BCUT2D eigenvalue weighted by atomic mass is 32.2. The summed E-state index contributed by atoms with van der Waals surface area (Å²) in [4.78, 5) is 14.8. The van der Waals surface area contributed by atoms with Crippen molar-refractivity contribution in [1.29, 1.82) is 0 Å². The first-order valence-electron chi connectivity index (χ1n) is 7.77. The van der Waals surface area contributed by atoms with Crippen LogP contribution in [0.3, 0.4) is 0 Å². The Morgan fingerprint density at radius 3 is 2.54 bits per heavy atom. The molecule has 3 rings (SSSR count). The van der Waals surface area contributed by atoms with Crippen LogP contribution >= 0.6 is 24.0 Å². The first-order valence-corrected chi connectivity index (χ1v) is 8.99. The topological polar surface area (TPSA) is 59.0 Å². The molecule has 1 aliphatic heterocycles. The van der Waals surface area contributed by atoms with Crippen molar-refractivity contribution in [2.75, 3.05) is 14.2 Å². The largest absolute Gasteiger partial charge is 0.504 e. The number of ether oxygens (including phenoxy) is 2. The van der Waals surface area contributed by atoms with Crippen molar-refractivity contribution in [3.05, 3.63) is 58.5 Å². The minimum Gasteiger partial charge on any atom is -0.504 e. The van der Waals surface area contributed by atoms with Gasteiger partial charge in [-0.3, -0.25) is 9.69 Å². The van der Waals surface area contributed by atoms with Crippen LogP contribution in [0.5, 0.6) is 17.2 Å². The third kappa shape index (κ3) is 3.84. The van der Waals surface area contributed by atoms with E-state index in [9.17, 15) is 9.90 Å². The van der Waals surface area contributed by atoms with Crippen LogP contribution in [-0.4, -0.2) is 34.5 Å². The number of hydrogen-bond acceptors (Lipinski definition) is 6. The smallest absolute Gasteiger partial charge is 0.266 e. The van der Waals surface area contributed by atoms with Crippen molar-refractivity contribution in [2.45, 2.75) is 6.54 Å². The van der Waals surface area contributed by atoms with Crippen LogP contribution in [0.1, 0.15) is 11.1 Å². The second-order valence-electron chi connectivity index (χ2n) is 5.55. The molecule has 0 spiro atoms. The highest BCUT2D eigenvalue weighted by Gasteiger charge is 2.32. The van der Waals surface area contributed by atoms with Gasteiger partial charge in [-0.2, -0.15) is 0 Å². The van der Waals surface area contributed by atoms with E-state index >= 15 is 0 Å². The molecule has 0 aromatic heterocycles. The third-order valence-electron chi connectivity index (χ3n) is 3.87. The van der Waals surface area contributed by atoms with Crippen LogP contribution in [0, 0.1) is 0 Å². The fraction of sp³-hybridized carbons (Fsp3) is 0.158. The van der Waals surface area contributed by atoms with E-state index in [0.29, 0.717) is 21.5 Å². The molecule has 7 heteroatoms. The summed E-state index contributed by atoms with van der Waals surface area (Å²) in [5.74, 6) is 1.03. The number of nitrogens with zero attached hydrogens (tertiary/aromatic N) is 1. The van der Waals surface area contributed by atoms with Crippen molar-refractivity contribution in [1.82, 2.24) is 4.90 Å². The Bertz CT molecular complexity index is 878. The number of carbonyl (C=O) groups is 1. The summed E-state index contributed by atoms with van der Waals surface area (Å²) in [5.41, 5.74) is 1.72. The van der Waals surface area contributed by atoms with Crippen molar-refractivity contribution < 1.29 is 19.4 Å². The first-order chi connectivity index (χ1) is 12.5. The lowest BCUT2D eigenvalue weighted by Crippen LogP contribution is -2.27.